The molecule has 19 heavy (non-hydrogen) atoms. The van der Waals surface area contributed by atoms with E-state index in [-0.39, 0.29) is 10.9 Å². The SMILES string of the molecule is CCC(CC)NS(=O)(=O)c1ccc(C(F)(F)F)cc1. The molecule has 0 saturated carbocycles. The molecule has 3 nitrogen and oxygen atoms in total. The highest BCUT2D eigenvalue weighted by Crippen LogP contribution is 2.29. The molecule has 108 valence electrons. The van der Waals surface area contributed by atoms with E-state index in [1.807, 2.05) is 13.8 Å². The molecule has 0 radical (unpaired) electrons. The van der Waals surface area contributed by atoms with Crippen molar-refractivity contribution >= 4 is 10.0 Å². The molecule has 0 bridgehead atoms. The minimum absolute atomic E-state index is 0.160. The van der Waals surface area contributed by atoms with E-state index in [1.54, 1.807) is 0 Å². The maximum absolute atomic E-state index is 12.4. The second kappa shape index (κ2) is 5.92. The molecule has 1 N–H and O–H groups in total. The van der Waals surface area contributed by atoms with Crippen molar-refractivity contribution < 1.29 is 21.6 Å². The van der Waals surface area contributed by atoms with Gasteiger partial charge in [0.2, 0.25) is 10.0 Å². The van der Waals surface area contributed by atoms with Gasteiger partial charge in [0, 0.05) is 6.04 Å². The monoisotopic (exact) mass is 295 g/mol. The first kappa shape index (κ1) is 16.0. The molecule has 0 saturated heterocycles. The predicted octanol–water partition coefficient (Wildman–Crippen LogP) is 3.17. The number of nitrogens with one attached hydrogen (secondary N) is 1. The van der Waals surface area contributed by atoms with Gasteiger partial charge < -0.3 is 0 Å². The van der Waals surface area contributed by atoms with Gasteiger partial charge in [-0.2, -0.15) is 13.2 Å². The first-order valence-corrected chi connectivity index (χ1v) is 7.38. The van der Waals surface area contributed by atoms with Gasteiger partial charge in [-0.3, -0.25) is 0 Å². The highest BCUT2D eigenvalue weighted by Gasteiger charge is 2.30. The number of rotatable bonds is 5. The van der Waals surface area contributed by atoms with Crippen LogP contribution in [0.25, 0.3) is 0 Å². The Morgan fingerprint density at radius 3 is 1.95 bits per heavy atom. The van der Waals surface area contributed by atoms with E-state index >= 15 is 0 Å². The fourth-order valence-electron chi connectivity index (χ4n) is 1.57. The Morgan fingerprint density at radius 2 is 1.58 bits per heavy atom. The van der Waals surface area contributed by atoms with Crippen molar-refractivity contribution in [1.82, 2.24) is 4.72 Å². The van der Waals surface area contributed by atoms with Crippen LogP contribution in [0.4, 0.5) is 13.2 Å². The van der Waals surface area contributed by atoms with Crippen LogP contribution in [0.15, 0.2) is 29.2 Å². The van der Waals surface area contributed by atoms with Crippen molar-refractivity contribution in [1.29, 1.82) is 0 Å². The van der Waals surface area contributed by atoms with Crippen LogP contribution in [-0.2, 0) is 16.2 Å². The third-order valence-electron chi connectivity index (χ3n) is 2.80. The van der Waals surface area contributed by atoms with Crippen molar-refractivity contribution in [3.05, 3.63) is 29.8 Å². The Balaban J connectivity index is 2.97. The highest BCUT2D eigenvalue weighted by atomic mass is 32.2. The van der Waals surface area contributed by atoms with E-state index in [2.05, 4.69) is 4.72 Å². The number of halogens is 3. The average molecular weight is 295 g/mol. The zero-order valence-electron chi connectivity index (χ0n) is 10.7. The molecule has 7 heteroatoms. The third kappa shape index (κ3) is 4.21. The average Bonchev–Trinajstić information content (AvgIpc) is 2.35. The molecule has 1 rings (SSSR count). The lowest BCUT2D eigenvalue weighted by atomic mass is 10.2. The predicted molar refractivity (Wildman–Crippen MR) is 66.1 cm³/mol. The smallest absolute Gasteiger partial charge is 0.208 e. The lowest BCUT2D eigenvalue weighted by Crippen LogP contribution is -2.33. The van der Waals surface area contributed by atoms with E-state index in [9.17, 15) is 21.6 Å². The Kier molecular flexibility index (Phi) is 4.98. The van der Waals surface area contributed by atoms with Gasteiger partial charge in [0.15, 0.2) is 0 Å². The van der Waals surface area contributed by atoms with Crippen LogP contribution in [0.1, 0.15) is 32.3 Å². The Labute approximate surface area is 110 Å². The minimum Gasteiger partial charge on any atom is -0.208 e. The van der Waals surface area contributed by atoms with E-state index in [0.29, 0.717) is 12.8 Å². The highest BCUT2D eigenvalue weighted by molar-refractivity contribution is 7.89. The van der Waals surface area contributed by atoms with E-state index in [4.69, 9.17) is 0 Å². The number of benzene rings is 1. The minimum atomic E-state index is -4.47. The summed E-state index contributed by atoms with van der Waals surface area (Å²) in [5.74, 6) is 0. The molecule has 1 aromatic rings. The molecule has 1 aromatic carbocycles. The van der Waals surface area contributed by atoms with Gasteiger partial charge in [0.05, 0.1) is 10.5 Å². The summed E-state index contributed by atoms with van der Waals surface area (Å²) in [7, 11) is -3.76. The van der Waals surface area contributed by atoms with Gasteiger partial charge in [-0.1, -0.05) is 13.8 Å². The van der Waals surface area contributed by atoms with Crippen LogP contribution in [0.2, 0.25) is 0 Å². The maximum Gasteiger partial charge on any atom is 0.416 e. The summed E-state index contributed by atoms with van der Waals surface area (Å²) in [4.78, 5) is -0.160. The lowest BCUT2D eigenvalue weighted by molar-refractivity contribution is -0.137. The summed E-state index contributed by atoms with van der Waals surface area (Å²) >= 11 is 0. The summed E-state index contributed by atoms with van der Waals surface area (Å²) in [6.45, 7) is 3.67. The van der Waals surface area contributed by atoms with Gasteiger partial charge in [-0.25, -0.2) is 13.1 Å². The molecule has 0 aliphatic heterocycles. The fourth-order valence-corrected chi connectivity index (χ4v) is 2.97. The van der Waals surface area contributed by atoms with Crippen LogP contribution in [0, 0.1) is 0 Å². The van der Waals surface area contributed by atoms with Crippen LogP contribution < -0.4 is 4.72 Å². The normalized spacial score (nSPS) is 12.9. The third-order valence-corrected chi connectivity index (χ3v) is 4.34. The van der Waals surface area contributed by atoms with E-state index in [1.165, 1.54) is 0 Å². The number of hydrogen-bond acceptors (Lipinski definition) is 2. The second-order valence-electron chi connectivity index (χ2n) is 4.16. The van der Waals surface area contributed by atoms with Crippen molar-refractivity contribution in [2.75, 3.05) is 0 Å². The molecular formula is C12H16F3NO2S. The topological polar surface area (TPSA) is 46.2 Å². The molecule has 0 aromatic heterocycles. The summed E-state index contributed by atoms with van der Waals surface area (Å²) in [5.41, 5.74) is -0.867. The molecule has 0 aliphatic carbocycles. The fraction of sp³-hybridized carbons (Fsp3) is 0.500. The summed E-state index contributed by atoms with van der Waals surface area (Å²) in [6, 6.07) is 3.25. The second-order valence-corrected chi connectivity index (χ2v) is 5.87. The quantitative estimate of drug-likeness (QED) is 0.907. The van der Waals surface area contributed by atoms with Crippen molar-refractivity contribution in [3.63, 3.8) is 0 Å². The standard InChI is InChI=1S/C12H16F3NO2S/c1-3-10(4-2)16-19(17,18)11-7-5-9(6-8-11)12(13,14)15/h5-8,10,16H,3-4H2,1-2H3. The van der Waals surface area contributed by atoms with Crippen LogP contribution >= 0.6 is 0 Å². The van der Waals surface area contributed by atoms with Crippen molar-refractivity contribution in [2.24, 2.45) is 0 Å². The number of sulfonamides is 1. The first-order chi connectivity index (χ1) is 8.70. The largest absolute Gasteiger partial charge is 0.416 e. The number of alkyl halides is 3. The van der Waals surface area contributed by atoms with E-state index in [0.717, 1.165) is 24.3 Å². The van der Waals surface area contributed by atoms with E-state index < -0.39 is 21.8 Å². The van der Waals surface area contributed by atoms with Gasteiger partial charge >= 0.3 is 6.18 Å². The molecule has 0 heterocycles. The van der Waals surface area contributed by atoms with Crippen molar-refractivity contribution in [2.45, 2.75) is 43.8 Å². The zero-order valence-corrected chi connectivity index (χ0v) is 11.5. The first-order valence-electron chi connectivity index (χ1n) is 5.90. The molecular weight excluding hydrogens is 279 g/mol. The molecule has 0 aliphatic rings. The lowest BCUT2D eigenvalue weighted by Gasteiger charge is -2.15. The zero-order chi connectivity index (χ0) is 14.7. The molecule has 0 fully saturated rings. The molecule has 0 atom stereocenters. The van der Waals surface area contributed by atoms with Crippen LogP contribution in [-0.4, -0.2) is 14.5 Å². The van der Waals surface area contributed by atoms with Gasteiger partial charge in [-0.05, 0) is 37.1 Å². The molecule has 0 spiro atoms. The summed E-state index contributed by atoms with van der Waals surface area (Å²) in [6.07, 6.45) is -3.22. The van der Waals surface area contributed by atoms with Gasteiger partial charge in [-0.15, -0.1) is 0 Å². The molecule has 0 amide bonds. The molecule has 0 unspecified atom stereocenters. The van der Waals surface area contributed by atoms with Crippen molar-refractivity contribution in [3.8, 4) is 0 Å². The summed E-state index contributed by atoms with van der Waals surface area (Å²) < 4.78 is 63.4. The Morgan fingerprint density at radius 1 is 1.11 bits per heavy atom. The van der Waals surface area contributed by atoms with Gasteiger partial charge in [0.1, 0.15) is 0 Å². The summed E-state index contributed by atoms with van der Waals surface area (Å²) in [5, 5.41) is 0. The van der Waals surface area contributed by atoms with Crippen LogP contribution in [0.5, 0.6) is 0 Å². The van der Waals surface area contributed by atoms with Gasteiger partial charge in [0.25, 0.3) is 0 Å². The maximum atomic E-state index is 12.4. The Bertz CT molecular complexity index is 505. The van der Waals surface area contributed by atoms with Crippen LogP contribution in [0.3, 0.4) is 0 Å². The number of hydrogen-bond donors (Lipinski definition) is 1. The Hall–Kier alpha value is -1.08.